The van der Waals surface area contributed by atoms with Crippen LogP contribution in [0.1, 0.15) is 26.7 Å². The fourth-order valence-corrected chi connectivity index (χ4v) is 2.47. The lowest BCUT2D eigenvalue weighted by Gasteiger charge is -2.30. The number of rotatable bonds is 5. The van der Waals surface area contributed by atoms with Crippen LogP contribution in [0, 0.1) is 11.3 Å². The fraction of sp³-hybridized carbons (Fsp3) is 0.923. The lowest BCUT2D eigenvalue weighted by Crippen LogP contribution is -2.44. The zero-order chi connectivity index (χ0) is 12.9. The summed E-state index contributed by atoms with van der Waals surface area (Å²) in [6.07, 6.45) is 1.94. The van der Waals surface area contributed by atoms with Gasteiger partial charge in [0.25, 0.3) is 0 Å². The van der Waals surface area contributed by atoms with Crippen LogP contribution in [0.4, 0.5) is 0 Å². The third-order valence-corrected chi connectivity index (χ3v) is 3.20. The normalized spacial score (nSPS) is 16.5. The van der Waals surface area contributed by atoms with Gasteiger partial charge >= 0.3 is 0 Å². The van der Waals surface area contributed by atoms with Crippen LogP contribution in [0.3, 0.4) is 0 Å². The van der Waals surface area contributed by atoms with Crippen molar-refractivity contribution in [3.63, 3.8) is 0 Å². The molecule has 6 heteroatoms. The Morgan fingerprint density at radius 2 is 1.79 bits per heavy atom. The summed E-state index contributed by atoms with van der Waals surface area (Å²) in [7, 11) is 4.13. The molecule has 0 aromatic rings. The molecule has 0 aromatic carbocycles. The number of halogens is 2. The lowest BCUT2D eigenvalue weighted by molar-refractivity contribution is -0.126. The van der Waals surface area contributed by atoms with Crippen molar-refractivity contribution in [1.82, 2.24) is 15.5 Å². The van der Waals surface area contributed by atoms with E-state index in [1.54, 1.807) is 0 Å². The van der Waals surface area contributed by atoms with Crippen molar-refractivity contribution in [3.05, 3.63) is 0 Å². The summed E-state index contributed by atoms with van der Waals surface area (Å²) in [6.45, 7) is 8.07. The average molecular weight is 314 g/mol. The first-order chi connectivity index (χ1) is 7.91. The fourth-order valence-electron chi connectivity index (χ4n) is 2.47. The predicted octanol–water partition coefficient (Wildman–Crippen LogP) is 1.53. The van der Waals surface area contributed by atoms with E-state index in [0.29, 0.717) is 0 Å². The Bertz CT molecular complexity index is 254. The van der Waals surface area contributed by atoms with E-state index >= 15 is 0 Å². The summed E-state index contributed by atoms with van der Waals surface area (Å²) >= 11 is 0. The monoisotopic (exact) mass is 313 g/mol. The largest absolute Gasteiger partial charge is 0.355 e. The molecule has 0 bridgehead atoms. The molecule has 19 heavy (non-hydrogen) atoms. The molecule has 0 radical (unpaired) electrons. The molecule has 0 aromatic heterocycles. The van der Waals surface area contributed by atoms with E-state index in [9.17, 15) is 4.79 Å². The van der Waals surface area contributed by atoms with E-state index in [4.69, 9.17) is 0 Å². The maximum absolute atomic E-state index is 12.0. The maximum atomic E-state index is 12.0. The van der Waals surface area contributed by atoms with Gasteiger partial charge in [0, 0.05) is 19.0 Å². The summed E-state index contributed by atoms with van der Waals surface area (Å²) in [5.41, 5.74) is 0.131. The van der Waals surface area contributed by atoms with Crippen molar-refractivity contribution in [3.8, 4) is 0 Å². The van der Waals surface area contributed by atoms with Gasteiger partial charge in [0.15, 0.2) is 0 Å². The molecule has 0 saturated carbocycles. The van der Waals surface area contributed by atoms with E-state index < -0.39 is 0 Å². The Morgan fingerprint density at radius 3 is 2.26 bits per heavy atom. The summed E-state index contributed by atoms with van der Waals surface area (Å²) < 4.78 is 0. The van der Waals surface area contributed by atoms with Crippen LogP contribution < -0.4 is 10.6 Å². The van der Waals surface area contributed by atoms with E-state index in [-0.39, 0.29) is 42.1 Å². The van der Waals surface area contributed by atoms with Crippen molar-refractivity contribution in [2.24, 2.45) is 11.3 Å². The highest BCUT2D eigenvalue weighted by molar-refractivity contribution is 5.85. The van der Waals surface area contributed by atoms with E-state index in [1.165, 1.54) is 0 Å². The minimum atomic E-state index is 0. The van der Waals surface area contributed by atoms with Gasteiger partial charge in [0.1, 0.15) is 0 Å². The smallest absolute Gasteiger partial charge is 0.223 e. The Hall–Kier alpha value is -0.0300. The number of nitrogens with one attached hydrogen (secondary N) is 2. The van der Waals surface area contributed by atoms with Crippen LogP contribution in [0.2, 0.25) is 0 Å². The molecule has 1 rings (SSSR count). The minimum Gasteiger partial charge on any atom is -0.355 e. The van der Waals surface area contributed by atoms with Crippen LogP contribution in [-0.4, -0.2) is 51.1 Å². The summed E-state index contributed by atoms with van der Waals surface area (Å²) in [4.78, 5) is 14.1. The molecule has 0 aliphatic carbocycles. The molecule has 1 aliphatic heterocycles. The van der Waals surface area contributed by atoms with Crippen LogP contribution >= 0.6 is 24.8 Å². The summed E-state index contributed by atoms with van der Waals surface area (Å²) in [6, 6.07) is 0. The third-order valence-electron chi connectivity index (χ3n) is 3.20. The highest BCUT2D eigenvalue weighted by atomic mass is 35.5. The molecule has 2 N–H and O–H groups in total. The zero-order valence-electron chi connectivity index (χ0n) is 12.5. The number of amides is 1. The second-order valence-electron chi connectivity index (χ2n) is 6.14. The van der Waals surface area contributed by atoms with Gasteiger partial charge in [-0.15, -0.1) is 24.8 Å². The molecular weight excluding hydrogens is 285 g/mol. The molecule has 1 fully saturated rings. The van der Waals surface area contributed by atoms with Gasteiger partial charge in [-0.3, -0.25) is 4.79 Å². The number of piperidine rings is 1. The highest BCUT2D eigenvalue weighted by Gasteiger charge is 2.24. The predicted molar refractivity (Wildman–Crippen MR) is 85.4 cm³/mol. The average Bonchev–Trinajstić information content (AvgIpc) is 2.25. The first-order valence-corrected chi connectivity index (χ1v) is 6.54. The minimum absolute atomic E-state index is 0. The SMILES string of the molecule is CN(C)CC(C)(C)CNC(=O)C1CCNCC1.Cl.Cl. The zero-order valence-corrected chi connectivity index (χ0v) is 14.1. The van der Waals surface area contributed by atoms with Crippen molar-refractivity contribution in [1.29, 1.82) is 0 Å². The first-order valence-electron chi connectivity index (χ1n) is 6.54. The molecule has 0 atom stereocenters. The maximum Gasteiger partial charge on any atom is 0.223 e. The van der Waals surface area contributed by atoms with Gasteiger partial charge < -0.3 is 15.5 Å². The number of carbonyl (C=O) groups excluding carboxylic acids is 1. The topological polar surface area (TPSA) is 44.4 Å². The van der Waals surface area contributed by atoms with Gasteiger partial charge in [0.05, 0.1) is 0 Å². The van der Waals surface area contributed by atoms with Crippen LogP contribution in [0.5, 0.6) is 0 Å². The van der Waals surface area contributed by atoms with Gasteiger partial charge in [-0.1, -0.05) is 13.8 Å². The number of carbonyl (C=O) groups is 1. The molecule has 1 heterocycles. The quantitative estimate of drug-likeness (QED) is 0.809. The summed E-state index contributed by atoms with van der Waals surface area (Å²) in [5, 5.41) is 6.39. The van der Waals surface area contributed by atoms with Crippen LogP contribution in [0.25, 0.3) is 0 Å². The Balaban J connectivity index is 0. The van der Waals surface area contributed by atoms with Crippen molar-refractivity contribution in [2.45, 2.75) is 26.7 Å². The van der Waals surface area contributed by atoms with Gasteiger partial charge in [-0.05, 0) is 45.4 Å². The molecular formula is C13H29Cl2N3O. The molecule has 0 unspecified atom stereocenters. The third kappa shape index (κ3) is 8.69. The molecule has 116 valence electrons. The molecule has 1 aliphatic rings. The highest BCUT2D eigenvalue weighted by Crippen LogP contribution is 2.16. The van der Waals surface area contributed by atoms with Crippen molar-refractivity contribution >= 4 is 30.7 Å². The number of hydrogen-bond acceptors (Lipinski definition) is 3. The lowest BCUT2D eigenvalue weighted by atomic mass is 9.91. The number of hydrogen-bond donors (Lipinski definition) is 2. The van der Waals surface area contributed by atoms with Crippen molar-refractivity contribution in [2.75, 3.05) is 40.3 Å². The summed E-state index contributed by atoms with van der Waals surface area (Å²) in [5.74, 6) is 0.449. The second kappa shape index (κ2) is 9.81. The molecule has 4 nitrogen and oxygen atoms in total. The Labute approximate surface area is 129 Å². The van der Waals surface area contributed by atoms with Gasteiger partial charge in [0.2, 0.25) is 5.91 Å². The van der Waals surface area contributed by atoms with Crippen molar-refractivity contribution < 1.29 is 4.79 Å². The molecule has 1 saturated heterocycles. The Morgan fingerprint density at radius 1 is 1.26 bits per heavy atom. The first kappa shape index (κ1) is 21.3. The van der Waals surface area contributed by atoms with Gasteiger partial charge in [-0.25, -0.2) is 0 Å². The van der Waals surface area contributed by atoms with E-state index in [1.807, 2.05) is 0 Å². The second-order valence-corrected chi connectivity index (χ2v) is 6.14. The van der Waals surface area contributed by atoms with Crippen LogP contribution in [0.15, 0.2) is 0 Å². The Kier molecular flexibility index (Phi) is 11.0. The van der Waals surface area contributed by atoms with E-state index in [2.05, 4.69) is 43.5 Å². The van der Waals surface area contributed by atoms with Gasteiger partial charge in [-0.2, -0.15) is 0 Å². The standard InChI is InChI=1S/C13H27N3O.2ClH/c1-13(2,10-16(3)4)9-15-12(17)11-5-7-14-8-6-11;;/h11,14H,5-10H2,1-4H3,(H,15,17);2*1H. The number of nitrogens with zero attached hydrogens (tertiary/aromatic N) is 1. The molecule has 0 spiro atoms. The van der Waals surface area contributed by atoms with Crippen LogP contribution in [-0.2, 0) is 4.79 Å². The molecule has 1 amide bonds. The van der Waals surface area contributed by atoms with E-state index in [0.717, 1.165) is 39.0 Å².